The maximum atomic E-state index is 11.4. The molecule has 0 saturated carbocycles. The number of hydroxylamine groups is 1. The summed E-state index contributed by atoms with van der Waals surface area (Å²) in [5.74, 6) is -0.959. The Hall–Kier alpha value is -2.17. The fourth-order valence-corrected chi connectivity index (χ4v) is 2.07. The zero-order valence-corrected chi connectivity index (χ0v) is 11.2. The molecule has 2 rings (SSSR count). The maximum Gasteiger partial charge on any atom is 0.250 e. The van der Waals surface area contributed by atoms with Gasteiger partial charge in [0.2, 0.25) is 0 Å². The van der Waals surface area contributed by atoms with Crippen LogP contribution in [0.5, 0.6) is 0 Å². The molecule has 3 N–H and O–H groups in total. The molecule has 4 nitrogen and oxygen atoms in total. The van der Waals surface area contributed by atoms with Crippen LogP contribution < -0.4 is 5.48 Å². The van der Waals surface area contributed by atoms with E-state index in [-0.39, 0.29) is 0 Å². The van der Waals surface area contributed by atoms with Crippen LogP contribution >= 0.6 is 0 Å². The van der Waals surface area contributed by atoms with Gasteiger partial charge in [0.15, 0.2) is 0 Å². The first-order valence-electron chi connectivity index (χ1n) is 6.40. The van der Waals surface area contributed by atoms with Crippen LogP contribution in [-0.4, -0.2) is 16.2 Å². The molecule has 104 valence electrons. The quantitative estimate of drug-likeness (QED) is 0.590. The van der Waals surface area contributed by atoms with E-state index in [1.807, 2.05) is 36.4 Å². The molecule has 0 radical (unpaired) electrons. The molecule has 0 spiro atoms. The van der Waals surface area contributed by atoms with Crippen LogP contribution in [0.2, 0.25) is 0 Å². The van der Waals surface area contributed by atoms with E-state index in [1.54, 1.807) is 30.6 Å². The van der Waals surface area contributed by atoms with Crippen molar-refractivity contribution in [1.82, 2.24) is 5.48 Å². The van der Waals surface area contributed by atoms with Crippen molar-refractivity contribution in [1.29, 1.82) is 0 Å². The molecule has 2 aromatic carbocycles. The molecule has 2 aromatic rings. The van der Waals surface area contributed by atoms with Gasteiger partial charge in [0.25, 0.3) is 5.91 Å². The summed E-state index contributed by atoms with van der Waals surface area (Å²) < 4.78 is 0. The highest BCUT2D eigenvalue weighted by molar-refractivity contribution is 5.82. The molecule has 2 unspecified atom stereocenters. The average Bonchev–Trinajstić information content (AvgIpc) is 2.53. The van der Waals surface area contributed by atoms with Gasteiger partial charge in [-0.2, -0.15) is 0 Å². The van der Waals surface area contributed by atoms with E-state index in [0.29, 0.717) is 5.56 Å². The van der Waals surface area contributed by atoms with Gasteiger partial charge in [-0.15, -0.1) is 0 Å². The van der Waals surface area contributed by atoms with E-state index in [9.17, 15) is 9.90 Å². The van der Waals surface area contributed by atoms with Crippen LogP contribution in [0.15, 0.2) is 54.6 Å². The first-order valence-corrected chi connectivity index (χ1v) is 6.40. The number of rotatable bonds is 4. The van der Waals surface area contributed by atoms with Gasteiger partial charge in [0.1, 0.15) is 6.10 Å². The second kappa shape index (κ2) is 6.32. The monoisotopic (exact) mass is 271 g/mol. The molecule has 0 bridgehead atoms. The maximum absolute atomic E-state index is 11.4. The van der Waals surface area contributed by atoms with E-state index in [1.165, 1.54) is 0 Å². The average molecular weight is 271 g/mol. The van der Waals surface area contributed by atoms with Crippen molar-refractivity contribution >= 4 is 5.91 Å². The Morgan fingerprint density at radius 1 is 1.00 bits per heavy atom. The summed E-state index contributed by atoms with van der Waals surface area (Å²) in [7, 11) is 0. The molecule has 4 heteroatoms. The smallest absolute Gasteiger partial charge is 0.250 e. The van der Waals surface area contributed by atoms with Crippen molar-refractivity contribution < 1.29 is 15.1 Å². The number of aliphatic hydroxyl groups excluding tert-OH is 1. The molecule has 0 aromatic heterocycles. The summed E-state index contributed by atoms with van der Waals surface area (Å²) in [5, 5.41) is 19.0. The molecule has 0 aliphatic rings. The Kier molecular flexibility index (Phi) is 4.50. The molecule has 0 aliphatic heterocycles. The van der Waals surface area contributed by atoms with Crippen LogP contribution in [0, 0.1) is 0 Å². The van der Waals surface area contributed by atoms with Crippen LogP contribution in [0.25, 0.3) is 0 Å². The van der Waals surface area contributed by atoms with Gasteiger partial charge in [-0.1, -0.05) is 54.6 Å². The highest BCUT2D eigenvalue weighted by atomic mass is 16.5. The number of carbonyl (C=O) groups is 1. The number of aliphatic hydroxyl groups is 1. The second-order valence-electron chi connectivity index (χ2n) is 4.68. The number of hydrogen-bond donors (Lipinski definition) is 3. The summed E-state index contributed by atoms with van der Waals surface area (Å²) in [4.78, 5) is 11.4. The van der Waals surface area contributed by atoms with Gasteiger partial charge in [0.05, 0.1) is 5.92 Å². The first kappa shape index (κ1) is 14.2. The Bertz CT molecular complexity index is 583. The minimum Gasteiger partial charge on any atom is -0.384 e. The van der Waals surface area contributed by atoms with E-state index in [0.717, 1.165) is 11.1 Å². The highest BCUT2D eigenvalue weighted by Gasteiger charge is 2.17. The summed E-state index contributed by atoms with van der Waals surface area (Å²) in [6.07, 6.45) is -0.736. The predicted molar refractivity (Wildman–Crippen MR) is 75.3 cm³/mol. The summed E-state index contributed by atoms with van der Waals surface area (Å²) >= 11 is 0. The van der Waals surface area contributed by atoms with Gasteiger partial charge < -0.3 is 5.11 Å². The third kappa shape index (κ3) is 3.04. The van der Waals surface area contributed by atoms with E-state index in [4.69, 9.17) is 5.21 Å². The van der Waals surface area contributed by atoms with Crippen LogP contribution in [0.1, 0.15) is 35.6 Å². The zero-order chi connectivity index (χ0) is 14.5. The zero-order valence-electron chi connectivity index (χ0n) is 11.2. The van der Waals surface area contributed by atoms with Gasteiger partial charge >= 0.3 is 0 Å². The van der Waals surface area contributed by atoms with Crippen molar-refractivity contribution in [3.63, 3.8) is 0 Å². The first-order chi connectivity index (χ1) is 9.63. The number of benzene rings is 2. The van der Waals surface area contributed by atoms with E-state index >= 15 is 0 Å². The topological polar surface area (TPSA) is 69.6 Å². The standard InChI is InChI=1S/C16H17NO3/c1-11(16(19)17-20)13-8-5-9-14(10-13)15(18)12-6-3-2-4-7-12/h2-11,15,18,20H,1H3,(H,17,19). The van der Waals surface area contributed by atoms with Crippen molar-refractivity contribution in [2.24, 2.45) is 0 Å². The largest absolute Gasteiger partial charge is 0.384 e. The molecular weight excluding hydrogens is 254 g/mol. The lowest BCUT2D eigenvalue weighted by Crippen LogP contribution is -2.24. The Morgan fingerprint density at radius 3 is 2.25 bits per heavy atom. The molecular formula is C16H17NO3. The molecule has 0 heterocycles. The SMILES string of the molecule is CC(C(=O)NO)c1cccc(C(O)c2ccccc2)c1. The fraction of sp³-hybridized carbons (Fsp3) is 0.188. The van der Waals surface area contributed by atoms with Gasteiger partial charge in [-0.25, -0.2) is 5.48 Å². The predicted octanol–water partition coefficient (Wildman–Crippen LogP) is 2.38. The van der Waals surface area contributed by atoms with Gasteiger partial charge in [-0.05, 0) is 23.6 Å². The summed E-state index contributed by atoms with van der Waals surface area (Å²) in [6.45, 7) is 1.69. The molecule has 20 heavy (non-hydrogen) atoms. The molecule has 2 atom stereocenters. The molecule has 0 aliphatic carbocycles. The lowest BCUT2D eigenvalue weighted by molar-refractivity contribution is -0.130. The van der Waals surface area contributed by atoms with Crippen LogP contribution in [-0.2, 0) is 4.79 Å². The highest BCUT2D eigenvalue weighted by Crippen LogP contribution is 2.25. The molecule has 1 amide bonds. The van der Waals surface area contributed by atoms with E-state index < -0.39 is 17.9 Å². The van der Waals surface area contributed by atoms with Crippen molar-refractivity contribution in [2.75, 3.05) is 0 Å². The number of amides is 1. The normalized spacial score (nSPS) is 13.6. The minimum absolute atomic E-state index is 0.476. The molecule has 0 saturated heterocycles. The number of nitrogens with one attached hydrogen (secondary N) is 1. The number of hydrogen-bond acceptors (Lipinski definition) is 3. The van der Waals surface area contributed by atoms with Gasteiger partial charge in [0, 0.05) is 0 Å². The van der Waals surface area contributed by atoms with E-state index in [2.05, 4.69) is 0 Å². The second-order valence-corrected chi connectivity index (χ2v) is 4.68. The summed E-state index contributed by atoms with van der Waals surface area (Å²) in [5.41, 5.74) is 3.89. The van der Waals surface area contributed by atoms with Crippen molar-refractivity contribution in [3.8, 4) is 0 Å². The Balaban J connectivity index is 2.28. The summed E-state index contributed by atoms with van der Waals surface area (Å²) in [6, 6.07) is 16.5. The van der Waals surface area contributed by atoms with Crippen molar-refractivity contribution in [2.45, 2.75) is 18.9 Å². The number of carbonyl (C=O) groups excluding carboxylic acids is 1. The van der Waals surface area contributed by atoms with Gasteiger partial charge in [-0.3, -0.25) is 10.0 Å². The third-order valence-corrected chi connectivity index (χ3v) is 3.35. The lowest BCUT2D eigenvalue weighted by atomic mass is 9.94. The third-order valence-electron chi connectivity index (χ3n) is 3.35. The molecule has 0 fully saturated rings. The van der Waals surface area contributed by atoms with Crippen LogP contribution in [0.4, 0.5) is 0 Å². The fourth-order valence-electron chi connectivity index (χ4n) is 2.07. The Morgan fingerprint density at radius 2 is 1.60 bits per heavy atom. The van der Waals surface area contributed by atoms with Crippen LogP contribution in [0.3, 0.4) is 0 Å². The minimum atomic E-state index is -0.736. The van der Waals surface area contributed by atoms with Crippen molar-refractivity contribution in [3.05, 3.63) is 71.3 Å². The Labute approximate surface area is 117 Å². The lowest BCUT2D eigenvalue weighted by Gasteiger charge is -2.15.